The SMILES string of the molecule is CC(Nc1ccc(C(=O)O)c(F)c1)c1ccccc1F. The molecule has 1 unspecified atom stereocenters. The molecule has 0 fully saturated rings. The normalized spacial score (nSPS) is 11.9. The molecule has 2 N–H and O–H groups in total. The van der Waals surface area contributed by atoms with E-state index < -0.39 is 17.3 Å². The molecule has 0 bridgehead atoms. The summed E-state index contributed by atoms with van der Waals surface area (Å²) < 4.78 is 27.1. The molecule has 3 nitrogen and oxygen atoms in total. The number of halogens is 2. The molecular weight excluding hydrogens is 264 g/mol. The van der Waals surface area contributed by atoms with E-state index in [-0.39, 0.29) is 11.9 Å². The highest BCUT2D eigenvalue weighted by Gasteiger charge is 2.13. The second-order valence-electron chi connectivity index (χ2n) is 4.39. The van der Waals surface area contributed by atoms with Crippen LogP contribution in [0.4, 0.5) is 14.5 Å². The molecule has 0 spiro atoms. The molecule has 104 valence electrons. The minimum atomic E-state index is -1.32. The van der Waals surface area contributed by atoms with E-state index in [1.165, 1.54) is 18.2 Å². The summed E-state index contributed by atoms with van der Waals surface area (Å²) >= 11 is 0. The number of rotatable bonds is 4. The fourth-order valence-corrected chi connectivity index (χ4v) is 1.93. The Morgan fingerprint density at radius 1 is 1.15 bits per heavy atom. The zero-order chi connectivity index (χ0) is 14.7. The smallest absolute Gasteiger partial charge is 0.338 e. The molecule has 0 radical (unpaired) electrons. The second-order valence-corrected chi connectivity index (χ2v) is 4.39. The van der Waals surface area contributed by atoms with Crippen LogP contribution in [0, 0.1) is 11.6 Å². The number of nitrogens with one attached hydrogen (secondary N) is 1. The van der Waals surface area contributed by atoms with Crippen molar-refractivity contribution < 1.29 is 18.7 Å². The van der Waals surface area contributed by atoms with Crippen LogP contribution in [0.15, 0.2) is 42.5 Å². The van der Waals surface area contributed by atoms with Gasteiger partial charge in [-0.05, 0) is 31.2 Å². The molecule has 2 aromatic carbocycles. The van der Waals surface area contributed by atoms with Crippen LogP contribution in [0.1, 0.15) is 28.9 Å². The zero-order valence-corrected chi connectivity index (χ0v) is 10.7. The van der Waals surface area contributed by atoms with Crippen LogP contribution in [0.25, 0.3) is 0 Å². The first-order valence-electron chi connectivity index (χ1n) is 6.03. The highest BCUT2D eigenvalue weighted by Crippen LogP contribution is 2.23. The predicted octanol–water partition coefficient (Wildman–Crippen LogP) is 3.84. The van der Waals surface area contributed by atoms with Crippen molar-refractivity contribution in [2.75, 3.05) is 5.32 Å². The van der Waals surface area contributed by atoms with Crippen LogP contribution in [-0.4, -0.2) is 11.1 Å². The van der Waals surface area contributed by atoms with Gasteiger partial charge in [-0.2, -0.15) is 0 Å². The number of carbonyl (C=O) groups is 1. The van der Waals surface area contributed by atoms with Gasteiger partial charge in [0.05, 0.1) is 11.6 Å². The first kappa shape index (κ1) is 14.0. The molecule has 1 atom stereocenters. The van der Waals surface area contributed by atoms with Crippen LogP contribution in [0.5, 0.6) is 0 Å². The van der Waals surface area contributed by atoms with E-state index in [2.05, 4.69) is 5.32 Å². The fourth-order valence-electron chi connectivity index (χ4n) is 1.93. The van der Waals surface area contributed by atoms with Gasteiger partial charge in [0.1, 0.15) is 11.6 Å². The van der Waals surface area contributed by atoms with Crippen molar-refractivity contribution in [1.29, 1.82) is 0 Å². The third-order valence-corrected chi connectivity index (χ3v) is 2.95. The average molecular weight is 277 g/mol. The fraction of sp³-hybridized carbons (Fsp3) is 0.133. The van der Waals surface area contributed by atoms with Crippen molar-refractivity contribution >= 4 is 11.7 Å². The van der Waals surface area contributed by atoms with Gasteiger partial charge >= 0.3 is 5.97 Å². The molecule has 0 heterocycles. The van der Waals surface area contributed by atoms with Crippen LogP contribution in [-0.2, 0) is 0 Å². The Hall–Kier alpha value is -2.43. The van der Waals surface area contributed by atoms with Gasteiger partial charge < -0.3 is 10.4 Å². The Balaban J connectivity index is 2.20. The van der Waals surface area contributed by atoms with Gasteiger partial charge in [-0.25, -0.2) is 13.6 Å². The van der Waals surface area contributed by atoms with Crippen LogP contribution in [0.3, 0.4) is 0 Å². The molecule has 0 aromatic heterocycles. The lowest BCUT2D eigenvalue weighted by atomic mass is 10.1. The summed E-state index contributed by atoms with van der Waals surface area (Å²) in [6.45, 7) is 1.74. The maximum Gasteiger partial charge on any atom is 0.338 e. The maximum atomic E-state index is 13.6. The van der Waals surface area contributed by atoms with E-state index in [1.807, 2.05) is 0 Å². The molecule has 0 amide bonds. The van der Waals surface area contributed by atoms with Crippen LogP contribution in [0.2, 0.25) is 0 Å². The summed E-state index contributed by atoms with van der Waals surface area (Å²) in [5.74, 6) is -2.51. The second kappa shape index (κ2) is 5.69. The van der Waals surface area contributed by atoms with Crippen molar-refractivity contribution in [3.8, 4) is 0 Å². The van der Waals surface area contributed by atoms with E-state index >= 15 is 0 Å². The number of carboxylic acids is 1. The van der Waals surface area contributed by atoms with Crippen molar-refractivity contribution in [3.63, 3.8) is 0 Å². The molecule has 0 saturated heterocycles. The molecule has 0 aliphatic carbocycles. The highest BCUT2D eigenvalue weighted by atomic mass is 19.1. The monoisotopic (exact) mass is 277 g/mol. The van der Waals surface area contributed by atoms with E-state index in [0.717, 1.165) is 6.07 Å². The van der Waals surface area contributed by atoms with Crippen molar-refractivity contribution in [3.05, 3.63) is 65.2 Å². The van der Waals surface area contributed by atoms with E-state index in [0.29, 0.717) is 11.3 Å². The molecular formula is C15H13F2NO2. The Kier molecular flexibility index (Phi) is 3.98. The molecule has 2 rings (SSSR count). The van der Waals surface area contributed by atoms with Gasteiger partial charge in [0.15, 0.2) is 0 Å². The van der Waals surface area contributed by atoms with Gasteiger partial charge in [-0.3, -0.25) is 0 Å². The average Bonchev–Trinajstić information content (AvgIpc) is 2.38. The minimum Gasteiger partial charge on any atom is -0.478 e. The Morgan fingerprint density at radius 2 is 1.85 bits per heavy atom. The predicted molar refractivity (Wildman–Crippen MR) is 71.8 cm³/mol. The van der Waals surface area contributed by atoms with Crippen LogP contribution < -0.4 is 5.32 Å². The number of aromatic carboxylic acids is 1. The third kappa shape index (κ3) is 2.93. The lowest BCUT2D eigenvalue weighted by Crippen LogP contribution is -2.09. The minimum absolute atomic E-state index is 0.352. The lowest BCUT2D eigenvalue weighted by Gasteiger charge is -2.16. The summed E-state index contributed by atoms with van der Waals surface area (Å²) in [4.78, 5) is 10.7. The molecule has 0 aliphatic heterocycles. The first-order valence-corrected chi connectivity index (χ1v) is 6.03. The molecule has 0 aliphatic rings. The Morgan fingerprint density at radius 3 is 2.45 bits per heavy atom. The zero-order valence-electron chi connectivity index (χ0n) is 10.7. The Bertz CT molecular complexity index is 644. The lowest BCUT2D eigenvalue weighted by molar-refractivity contribution is 0.0692. The number of benzene rings is 2. The summed E-state index contributed by atoms with van der Waals surface area (Å²) in [7, 11) is 0. The van der Waals surface area contributed by atoms with E-state index in [4.69, 9.17) is 5.11 Å². The number of carboxylic acid groups (broad SMARTS) is 1. The van der Waals surface area contributed by atoms with Crippen molar-refractivity contribution in [1.82, 2.24) is 0 Å². The van der Waals surface area contributed by atoms with Crippen LogP contribution >= 0.6 is 0 Å². The molecule has 0 saturated carbocycles. The summed E-state index contributed by atoms with van der Waals surface area (Å²) in [5.41, 5.74) is 0.451. The van der Waals surface area contributed by atoms with Crippen molar-refractivity contribution in [2.24, 2.45) is 0 Å². The number of anilines is 1. The van der Waals surface area contributed by atoms with Gasteiger partial charge in [-0.1, -0.05) is 18.2 Å². The van der Waals surface area contributed by atoms with Gasteiger partial charge in [0, 0.05) is 11.3 Å². The number of hydrogen-bond donors (Lipinski definition) is 2. The first-order chi connectivity index (χ1) is 9.49. The maximum absolute atomic E-state index is 13.6. The summed E-state index contributed by atoms with van der Waals surface area (Å²) in [5, 5.41) is 11.7. The standard InChI is InChI=1S/C15H13F2NO2/c1-9(11-4-2-3-5-13(11)16)18-10-6-7-12(15(19)20)14(17)8-10/h2-9,18H,1H3,(H,19,20). The van der Waals surface area contributed by atoms with E-state index in [9.17, 15) is 13.6 Å². The quantitative estimate of drug-likeness (QED) is 0.892. The van der Waals surface area contributed by atoms with Gasteiger partial charge in [-0.15, -0.1) is 0 Å². The van der Waals surface area contributed by atoms with Gasteiger partial charge in [0.25, 0.3) is 0 Å². The van der Waals surface area contributed by atoms with Gasteiger partial charge in [0.2, 0.25) is 0 Å². The molecule has 20 heavy (non-hydrogen) atoms. The van der Waals surface area contributed by atoms with E-state index in [1.54, 1.807) is 25.1 Å². The summed E-state index contributed by atoms with van der Waals surface area (Å²) in [6, 6.07) is 9.62. The van der Waals surface area contributed by atoms with Crippen molar-refractivity contribution in [2.45, 2.75) is 13.0 Å². The molecule has 2 aromatic rings. The summed E-state index contributed by atoms with van der Waals surface area (Å²) in [6.07, 6.45) is 0. The third-order valence-electron chi connectivity index (χ3n) is 2.95. The number of hydrogen-bond acceptors (Lipinski definition) is 2. The highest BCUT2D eigenvalue weighted by molar-refractivity contribution is 5.88. The Labute approximate surface area is 114 Å². The topological polar surface area (TPSA) is 49.3 Å². The largest absolute Gasteiger partial charge is 0.478 e. The molecule has 5 heteroatoms.